The van der Waals surface area contributed by atoms with Crippen LogP contribution in [0.5, 0.6) is 0 Å². The second kappa shape index (κ2) is 9.98. The summed E-state index contributed by atoms with van der Waals surface area (Å²) in [5, 5.41) is 6.04. The lowest BCUT2D eigenvalue weighted by Gasteiger charge is -2.07. The molecule has 0 aliphatic carbocycles. The van der Waals surface area contributed by atoms with Crippen LogP contribution in [0.2, 0.25) is 0 Å². The van der Waals surface area contributed by atoms with Gasteiger partial charge in [0, 0.05) is 10.2 Å². The van der Waals surface area contributed by atoms with Gasteiger partial charge in [0.15, 0.2) is 0 Å². The molecule has 19 heavy (non-hydrogen) atoms. The molecule has 0 saturated heterocycles. The van der Waals surface area contributed by atoms with E-state index in [1.54, 1.807) is 0 Å². The first kappa shape index (κ1) is 16.2. The van der Waals surface area contributed by atoms with Crippen molar-refractivity contribution in [3.05, 3.63) is 28.7 Å². The van der Waals surface area contributed by atoms with Gasteiger partial charge in [-0.05, 0) is 31.2 Å². The molecule has 0 bridgehead atoms. The highest BCUT2D eigenvalue weighted by Gasteiger charge is 2.01. The van der Waals surface area contributed by atoms with Crippen LogP contribution in [0.4, 0.5) is 5.69 Å². The summed E-state index contributed by atoms with van der Waals surface area (Å²) in [5.74, 6) is 0.00616. The van der Waals surface area contributed by atoms with Gasteiger partial charge < -0.3 is 10.6 Å². The third-order valence-electron chi connectivity index (χ3n) is 2.85. The fourth-order valence-corrected chi connectivity index (χ4v) is 2.23. The van der Waals surface area contributed by atoms with Crippen molar-refractivity contribution in [2.45, 2.75) is 39.0 Å². The van der Waals surface area contributed by atoms with E-state index in [0.717, 1.165) is 23.1 Å². The van der Waals surface area contributed by atoms with E-state index in [0.29, 0.717) is 6.54 Å². The third-order valence-corrected chi connectivity index (χ3v) is 3.34. The smallest absolute Gasteiger partial charge is 0.238 e. The van der Waals surface area contributed by atoms with Crippen LogP contribution >= 0.6 is 15.9 Å². The molecule has 106 valence electrons. The standard InChI is InChI=1S/C15H23BrN2O/c1-2-3-4-5-6-10-17-12-15(19)18-14-9-7-8-13(16)11-14/h7-9,11,17H,2-6,10,12H2,1H3,(H,18,19). The van der Waals surface area contributed by atoms with E-state index in [9.17, 15) is 4.79 Å². The van der Waals surface area contributed by atoms with Crippen molar-refractivity contribution in [1.82, 2.24) is 5.32 Å². The first-order chi connectivity index (χ1) is 9.22. The molecule has 0 aliphatic heterocycles. The van der Waals surface area contributed by atoms with Crippen molar-refractivity contribution < 1.29 is 4.79 Å². The predicted octanol–water partition coefficient (Wildman–Crippen LogP) is 3.95. The average Bonchev–Trinajstić information content (AvgIpc) is 2.37. The largest absolute Gasteiger partial charge is 0.325 e. The SMILES string of the molecule is CCCCCCCNCC(=O)Nc1cccc(Br)c1. The summed E-state index contributed by atoms with van der Waals surface area (Å²) >= 11 is 3.38. The molecule has 0 heterocycles. The summed E-state index contributed by atoms with van der Waals surface area (Å²) in [6.07, 6.45) is 6.26. The molecular weight excluding hydrogens is 304 g/mol. The summed E-state index contributed by atoms with van der Waals surface area (Å²) in [5.41, 5.74) is 0.823. The van der Waals surface area contributed by atoms with E-state index >= 15 is 0 Å². The van der Waals surface area contributed by atoms with E-state index < -0.39 is 0 Å². The molecule has 1 rings (SSSR count). The Morgan fingerprint density at radius 2 is 2.00 bits per heavy atom. The van der Waals surface area contributed by atoms with Crippen LogP contribution in [-0.4, -0.2) is 19.0 Å². The van der Waals surface area contributed by atoms with Crippen molar-refractivity contribution in [3.8, 4) is 0 Å². The number of rotatable bonds is 9. The first-order valence-corrected chi connectivity index (χ1v) is 7.78. The van der Waals surface area contributed by atoms with Crippen molar-refractivity contribution in [3.63, 3.8) is 0 Å². The maximum atomic E-state index is 11.7. The first-order valence-electron chi connectivity index (χ1n) is 6.98. The summed E-state index contributed by atoms with van der Waals surface area (Å²) in [7, 11) is 0. The van der Waals surface area contributed by atoms with Gasteiger partial charge in [0.05, 0.1) is 6.54 Å². The van der Waals surface area contributed by atoms with E-state index in [1.165, 1.54) is 25.7 Å². The lowest BCUT2D eigenvalue weighted by molar-refractivity contribution is -0.115. The number of hydrogen-bond donors (Lipinski definition) is 2. The molecule has 0 saturated carbocycles. The molecule has 3 nitrogen and oxygen atoms in total. The number of benzene rings is 1. The molecule has 1 aromatic rings. The second-order valence-electron chi connectivity index (χ2n) is 4.65. The zero-order chi connectivity index (χ0) is 13.9. The van der Waals surface area contributed by atoms with Gasteiger partial charge in [0.25, 0.3) is 0 Å². The molecule has 0 radical (unpaired) electrons. The number of anilines is 1. The van der Waals surface area contributed by atoms with Gasteiger partial charge in [-0.25, -0.2) is 0 Å². The minimum Gasteiger partial charge on any atom is -0.325 e. The minimum absolute atomic E-state index is 0.00616. The summed E-state index contributed by atoms with van der Waals surface area (Å²) in [6, 6.07) is 7.61. The Labute approximate surface area is 124 Å². The Morgan fingerprint density at radius 3 is 2.74 bits per heavy atom. The van der Waals surface area contributed by atoms with Crippen LogP contribution in [0.1, 0.15) is 39.0 Å². The average molecular weight is 327 g/mol. The Kier molecular flexibility index (Phi) is 8.50. The number of hydrogen-bond acceptors (Lipinski definition) is 2. The van der Waals surface area contributed by atoms with E-state index in [1.807, 2.05) is 24.3 Å². The van der Waals surface area contributed by atoms with Gasteiger partial charge in [0.1, 0.15) is 0 Å². The molecule has 2 N–H and O–H groups in total. The van der Waals surface area contributed by atoms with Crippen molar-refractivity contribution >= 4 is 27.5 Å². The Morgan fingerprint density at radius 1 is 1.21 bits per heavy atom. The molecular formula is C15H23BrN2O. The Bertz CT molecular complexity index is 382. The number of nitrogens with one attached hydrogen (secondary N) is 2. The van der Waals surface area contributed by atoms with Crippen molar-refractivity contribution in [1.29, 1.82) is 0 Å². The number of halogens is 1. The highest BCUT2D eigenvalue weighted by Crippen LogP contribution is 2.15. The molecule has 0 spiro atoms. The van der Waals surface area contributed by atoms with E-state index in [4.69, 9.17) is 0 Å². The van der Waals surface area contributed by atoms with Gasteiger partial charge in [-0.3, -0.25) is 4.79 Å². The molecule has 1 amide bonds. The number of carbonyl (C=O) groups is 1. The normalized spacial score (nSPS) is 10.4. The third kappa shape index (κ3) is 8.01. The molecule has 1 aromatic carbocycles. The quantitative estimate of drug-likeness (QED) is 0.674. The van der Waals surface area contributed by atoms with Gasteiger partial charge in [0.2, 0.25) is 5.91 Å². The fraction of sp³-hybridized carbons (Fsp3) is 0.533. The zero-order valence-corrected chi connectivity index (χ0v) is 13.1. The summed E-state index contributed by atoms with van der Waals surface area (Å²) < 4.78 is 0.967. The second-order valence-corrected chi connectivity index (χ2v) is 5.57. The highest BCUT2D eigenvalue weighted by molar-refractivity contribution is 9.10. The van der Waals surface area contributed by atoms with Crippen molar-refractivity contribution in [2.24, 2.45) is 0 Å². The van der Waals surface area contributed by atoms with E-state index in [2.05, 4.69) is 33.5 Å². The topological polar surface area (TPSA) is 41.1 Å². The number of carbonyl (C=O) groups excluding carboxylic acids is 1. The lowest BCUT2D eigenvalue weighted by Crippen LogP contribution is -2.28. The zero-order valence-electron chi connectivity index (χ0n) is 11.5. The lowest BCUT2D eigenvalue weighted by atomic mass is 10.1. The van der Waals surface area contributed by atoms with Gasteiger partial charge >= 0.3 is 0 Å². The highest BCUT2D eigenvalue weighted by atomic mass is 79.9. The molecule has 0 fully saturated rings. The fourth-order valence-electron chi connectivity index (χ4n) is 1.83. The predicted molar refractivity (Wildman–Crippen MR) is 84.4 cm³/mol. The molecule has 0 aromatic heterocycles. The molecule has 0 unspecified atom stereocenters. The maximum Gasteiger partial charge on any atom is 0.238 e. The molecule has 0 atom stereocenters. The van der Waals surface area contributed by atoms with Crippen molar-refractivity contribution in [2.75, 3.05) is 18.4 Å². The minimum atomic E-state index is 0.00616. The maximum absolute atomic E-state index is 11.7. The van der Waals surface area contributed by atoms with Gasteiger partial charge in [-0.1, -0.05) is 54.6 Å². The summed E-state index contributed by atoms with van der Waals surface area (Å²) in [4.78, 5) is 11.7. The van der Waals surface area contributed by atoms with Gasteiger partial charge in [-0.15, -0.1) is 0 Å². The molecule has 0 aliphatic rings. The van der Waals surface area contributed by atoms with Crippen LogP contribution in [0.3, 0.4) is 0 Å². The van der Waals surface area contributed by atoms with Crippen LogP contribution in [0.15, 0.2) is 28.7 Å². The van der Waals surface area contributed by atoms with Crippen LogP contribution in [0.25, 0.3) is 0 Å². The van der Waals surface area contributed by atoms with Gasteiger partial charge in [-0.2, -0.15) is 0 Å². The number of amides is 1. The summed E-state index contributed by atoms with van der Waals surface area (Å²) in [6.45, 7) is 3.50. The Balaban J connectivity index is 2.08. The number of unbranched alkanes of at least 4 members (excludes halogenated alkanes) is 4. The monoisotopic (exact) mass is 326 g/mol. The molecule has 4 heteroatoms. The van der Waals surface area contributed by atoms with Crippen LogP contribution < -0.4 is 10.6 Å². The Hall–Kier alpha value is -0.870. The van der Waals surface area contributed by atoms with Crippen LogP contribution in [0, 0.1) is 0 Å². The van der Waals surface area contributed by atoms with Crippen LogP contribution in [-0.2, 0) is 4.79 Å². The van der Waals surface area contributed by atoms with E-state index in [-0.39, 0.29) is 5.91 Å².